The van der Waals surface area contributed by atoms with Crippen LogP contribution in [0.1, 0.15) is 110 Å². The normalized spacial score (nSPS) is 16.1. The number of H-pyrrole nitrogens is 2. The first-order valence-electron chi connectivity index (χ1n) is 27.7. The number of alkyl halides is 1. The number of alkyl carbamates (subject to hydrolysis) is 2. The van der Waals surface area contributed by atoms with Gasteiger partial charge in [-0.3, -0.25) is 19.8 Å². The lowest BCUT2D eigenvalue weighted by molar-refractivity contribution is -0.145. The average Bonchev–Trinajstić information content (AvgIpc) is 3.91. The first kappa shape index (κ1) is 64.1. The van der Waals surface area contributed by atoms with E-state index in [0.717, 1.165) is 45.7 Å². The van der Waals surface area contributed by atoms with Gasteiger partial charge in [-0.05, 0) is 128 Å². The van der Waals surface area contributed by atoms with Crippen molar-refractivity contribution in [2.75, 3.05) is 30.0 Å². The van der Waals surface area contributed by atoms with Crippen LogP contribution < -0.4 is 21.7 Å². The number of hydrogen-bond acceptors (Lipinski definition) is 16. The topological polar surface area (TPSA) is 323 Å². The molecule has 9 N–H and O–H groups in total. The van der Waals surface area contributed by atoms with E-state index in [-0.39, 0.29) is 64.9 Å². The Hall–Kier alpha value is -6.42. The van der Waals surface area contributed by atoms with Crippen molar-refractivity contribution in [3.8, 4) is 0 Å². The summed E-state index contributed by atoms with van der Waals surface area (Å²) >= 11 is 5.63. The van der Waals surface area contributed by atoms with Gasteiger partial charge in [0.2, 0.25) is 11.9 Å². The minimum Gasteiger partial charge on any atom is -0.444 e. The SMILES string of the molecule is CC(C)(C)OC(=O)NC(Cc1ccccc1)C(O)CN(OC1CCCC1)S(=O)(=O)c1ccc2nc(N)[nH]c2c1.CC(C)(C)OC(=O)N[C@@H](Cc1ccccc1)[C@H](O)CN(OC1CCCC1)S(=O)(=O)c1ccc2nc(NC(=O)CCCl)[nH]c2c1. The molecule has 2 heterocycles. The molecule has 4 atom stereocenters. The third-order valence-corrected chi connectivity index (χ3v) is 16.8. The van der Waals surface area contributed by atoms with Crippen molar-refractivity contribution in [2.24, 2.45) is 0 Å². The van der Waals surface area contributed by atoms with Crippen LogP contribution in [-0.2, 0) is 56.8 Å². The predicted molar refractivity (Wildman–Crippen MR) is 314 cm³/mol. The number of sulfonamides is 2. The Morgan fingerprint density at radius 1 is 0.651 bits per heavy atom. The van der Waals surface area contributed by atoms with Crippen molar-refractivity contribution in [2.45, 2.75) is 170 Å². The van der Waals surface area contributed by atoms with E-state index >= 15 is 0 Å². The highest BCUT2D eigenvalue weighted by molar-refractivity contribution is 7.89. The maximum atomic E-state index is 14.0. The monoisotopic (exact) mass is 1210 g/mol. The minimum absolute atomic E-state index is 0.0384. The molecular formula is C57H77ClN10O13S2. The molecule has 2 unspecified atom stereocenters. The number of fused-ring (bicyclic) bond motifs is 2. The van der Waals surface area contributed by atoms with E-state index in [1.807, 2.05) is 60.7 Å². The number of aromatic amines is 2. The maximum absolute atomic E-state index is 14.0. The molecule has 2 saturated carbocycles. The first-order chi connectivity index (χ1) is 39.2. The number of ether oxygens (including phenoxy) is 2. The van der Waals surface area contributed by atoms with Gasteiger partial charge in [-0.25, -0.2) is 36.4 Å². The Kier molecular flexibility index (Phi) is 22.0. The number of anilines is 2. The molecule has 26 heteroatoms. The number of carbonyl (C=O) groups is 3. The van der Waals surface area contributed by atoms with Crippen molar-refractivity contribution in [3.63, 3.8) is 0 Å². The van der Waals surface area contributed by atoms with Crippen LogP contribution in [0.3, 0.4) is 0 Å². The molecule has 0 radical (unpaired) electrons. The molecule has 0 spiro atoms. The number of rotatable bonds is 23. The predicted octanol–water partition coefficient (Wildman–Crippen LogP) is 8.00. The van der Waals surface area contributed by atoms with E-state index in [9.17, 15) is 41.4 Å². The molecule has 4 aromatic carbocycles. The molecule has 0 saturated heterocycles. The van der Waals surface area contributed by atoms with Crippen molar-refractivity contribution in [3.05, 3.63) is 108 Å². The fourth-order valence-electron chi connectivity index (χ4n) is 9.39. The molecule has 83 heavy (non-hydrogen) atoms. The van der Waals surface area contributed by atoms with Gasteiger partial charge in [0.05, 0.1) is 81.4 Å². The fraction of sp³-hybridized carbons (Fsp3) is 0.491. The number of imidazole rings is 2. The van der Waals surface area contributed by atoms with Crippen LogP contribution >= 0.6 is 11.6 Å². The van der Waals surface area contributed by atoms with Crippen molar-refractivity contribution < 1.29 is 60.6 Å². The number of aliphatic hydroxyl groups excluding tert-OH is 2. The second kappa shape index (κ2) is 28.4. The Balaban J connectivity index is 0.000000240. The average molecular weight is 1210 g/mol. The summed E-state index contributed by atoms with van der Waals surface area (Å²) in [5.74, 6) is 0.153. The van der Waals surface area contributed by atoms with Crippen LogP contribution in [0.2, 0.25) is 0 Å². The molecular weight excluding hydrogens is 1130 g/mol. The highest BCUT2D eigenvalue weighted by Gasteiger charge is 2.37. The molecule has 0 aliphatic heterocycles. The van der Waals surface area contributed by atoms with Crippen LogP contribution in [0.5, 0.6) is 0 Å². The number of nitrogen functional groups attached to an aromatic ring is 1. The van der Waals surface area contributed by atoms with E-state index in [4.69, 9.17) is 36.5 Å². The first-order valence-corrected chi connectivity index (χ1v) is 31.1. The summed E-state index contributed by atoms with van der Waals surface area (Å²) in [6.45, 7) is 9.54. The number of carbonyl (C=O) groups excluding carboxylic acids is 3. The summed E-state index contributed by atoms with van der Waals surface area (Å²) in [4.78, 5) is 63.4. The molecule has 2 aliphatic carbocycles. The second-order valence-electron chi connectivity index (χ2n) is 22.6. The molecule has 3 amide bonds. The molecule has 23 nitrogen and oxygen atoms in total. The Labute approximate surface area is 489 Å². The lowest BCUT2D eigenvalue weighted by atomic mass is 10.0. The smallest absolute Gasteiger partial charge is 0.407 e. The second-order valence-corrected chi connectivity index (χ2v) is 26.6. The van der Waals surface area contributed by atoms with Crippen molar-refractivity contribution in [1.29, 1.82) is 0 Å². The zero-order valence-corrected chi connectivity index (χ0v) is 49.9. The summed E-state index contributed by atoms with van der Waals surface area (Å²) in [5, 5.41) is 30.9. The van der Waals surface area contributed by atoms with E-state index in [0.29, 0.717) is 47.8 Å². The van der Waals surface area contributed by atoms with Gasteiger partial charge in [0, 0.05) is 12.3 Å². The minimum atomic E-state index is -4.31. The number of nitrogens with two attached hydrogens (primary N) is 1. The quantitative estimate of drug-likeness (QED) is 0.0222. The van der Waals surface area contributed by atoms with Gasteiger partial charge in [0.15, 0.2) is 5.95 Å². The van der Waals surface area contributed by atoms with Crippen LogP contribution in [0.15, 0.2) is 107 Å². The third kappa shape index (κ3) is 19.0. The van der Waals surface area contributed by atoms with Gasteiger partial charge >= 0.3 is 12.2 Å². The van der Waals surface area contributed by atoms with Crippen LogP contribution in [0.4, 0.5) is 21.5 Å². The number of nitrogens with zero attached hydrogens (tertiary/aromatic N) is 4. The molecule has 452 valence electrons. The largest absolute Gasteiger partial charge is 0.444 e. The van der Waals surface area contributed by atoms with E-state index < -0.39 is 80.8 Å². The Morgan fingerprint density at radius 2 is 1.06 bits per heavy atom. The molecule has 2 aliphatic rings. The van der Waals surface area contributed by atoms with Gasteiger partial charge in [-0.2, -0.15) is 0 Å². The number of amides is 3. The maximum Gasteiger partial charge on any atom is 0.407 e. The van der Waals surface area contributed by atoms with Gasteiger partial charge in [0.25, 0.3) is 20.0 Å². The van der Waals surface area contributed by atoms with Crippen LogP contribution in [-0.4, -0.2) is 141 Å². The van der Waals surface area contributed by atoms with Crippen LogP contribution in [0.25, 0.3) is 22.1 Å². The van der Waals surface area contributed by atoms with Gasteiger partial charge < -0.3 is 46.0 Å². The van der Waals surface area contributed by atoms with Gasteiger partial charge in [0.1, 0.15) is 11.2 Å². The molecule has 8 rings (SSSR count). The highest BCUT2D eigenvalue weighted by atomic mass is 35.5. The Bertz CT molecular complexity index is 3330. The van der Waals surface area contributed by atoms with E-state index in [1.54, 1.807) is 47.6 Å². The number of hydrogen-bond donors (Lipinski definition) is 8. The van der Waals surface area contributed by atoms with E-state index in [2.05, 4.69) is 35.9 Å². The summed E-state index contributed by atoms with van der Waals surface area (Å²) < 4.78 is 68.2. The standard InChI is InChI=1S/C30H40ClN5O7S.C27H37N5O6S/c1-30(2,3)42-29(39)34-25(17-20-9-5-4-6-10-20)26(37)19-36(43-21-11-7-8-12-21)44(40,41)22-13-14-23-24(18-22)33-28(32-23)35-27(38)15-16-31;1-27(2,3)37-26(34)31-23(15-18-9-5-4-6-10-18)24(33)17-32(38-19-11-7-8-12-19)39(35,36)20-13-14-21-22(16-20)30-25(28)29-21/h4-6,9-10,13-14,18,21,25-26,37H,7-8,11-12,15-17,19H2,1-3H3,(H,34,39)(H2,32,33,35,38);4-6,9-10,13-14,16,19,23-24,33H,7-8,11-12,15,17H2,1-3H3,(H,31,34)(H3,28,29,30)/t25-,26+;/m0./s1. The number of nitrogens with one attached hydrogen (secondary N) is 5. The van der Waals surface area contributed by atoms with Gasteiger partial charge in [-0.1, -0.05) is 95.3 Å². The zero-order chi connectivity index (χ0) is 60.1. The lowest BCUT2D eigenvalue weighted by Crippen LogP contribution is -2.51. The van der Waals surface area contributed by atoms with E-state index in [1.165, 1.54) is 30.3 Å². The zero-order valence-electron chi connectivity index (χ0n) is 47.5. The number of halogens is 1. The summed E-state index contributed by atoms with van der Waals surface area (Å²) in [5.41, 5.74) is 7.70. The molecule has 2 fully saturated rings. The summed E-state index contributed by atoms with van der Waals surface area (Å²) in [7, 11) is -8.52. The highest BCUT2D eigenvalue weighted by Crippen LogP contribution is 2.30. The number of aliphatic hydroxyl groups is 2. The van der Waals surface area contributed by atoms with Gasteiger partial charge in [-0.15, -0.1) is 11.6 Å². The number of hydroxylamine groups is 2. The number of aromatic nitrogens is 4. The fourth-order valence-corrected chi connectivity index (χ4v) is 12.2. The lowest BCUT2D eigenvalue weighted by Gasteiger charge is -2.31. The molecule has 2 aromatic heterocycles. The van der Waals surface area contributed by atoms with Crippen molar-refractivity contribution in [1.82, 2.24) is 39.5 Å². The summed E-state index contributed by atoms with van der Waals surface area (Å²) in [6.07, 6.45) is 2.22. The van der Waals surface area contributed by atoms with Crippen LogP contribution in [0, 0.1) is 0 Å². The molecule has 0 bridgehead atoms. The van der Waals surface area contributed by atoms with Crippen molar-refractivity contribution >= 4 is 83.7 Å². The Morgan fingerprint density at radius 3 is 1.47 bits per heavy atom. The molecule has 6 aromatic rings. The number of benzene rings is 4. The third-order valence-electron chi connectivity index (χ3n) is 13.4. The summed E-state index contributed by atoms with van der Waals surface area (Å²) in [6, 6.07) is 25.5.